The molecule has 1 aromatic heterocycles. The summed E-state index contributed by atoms with van der Waals surface area (Å²) in [5.74, 6) is 0.0403. The topological polar surface area (TPSA) is 73.2 Å². The van der Waals surface area contributed by atoms with Gasteiger partial charge >= 0.3 is 0 Å². The van der Waals surface area contributed by atoms with Gasteiger partial charge in [-0.1, -0.05) is 30.3 Å². The lowest BCUT2D eigenvalue weighted by Crippen LogP contribution is -2.33. The molecule has 1 amide bonds. The average Bonchev–Trinajstić information content (AvgIpc) is 3.08. The molecule has 2 aliphatic heterocycles. The summed E-state index contributed by atoms with van der Waals surface area (Å²) in [6.07, 6.45) is 4.81. The summed E-state index contributed by atoms with van der Waals surface area (Å²) in [6, 6.07) is 7.40. The second-order valence-corrected chi connectivity index (χ2v) is 8.03. The van der Waals surface area contributed by atoms with Crippen LogP contribution in [0.15, 0.2) is 34.2 Å². The first-order valence-electron chi connectivity index (χ1n) is 9.28. The Morgan fingerprint density at radius 1 is 1.19 bits per heavy atom. The normalized spacial score (nSPS) is 23.8. The first-order chi connectivity index (χ1) is 12.7. The minimum Gasteiger partial charge on any atom is -0.376 e. The van der Waals surface area contributed by atoms with E-state index >= 15 is 0 Å². The number of carbonyl (C=O) groups excluding carboxylic acids is 1. The van der Waals surface area contributed by atoms with Crippen LogP contribution in [-0.4, -0.2) is 40.0 Å². The summed E-state index contributed by atoms with van der Waals surface area (Å²) in [4.78, 5) is 30.2. The van der Waals surface area contributed by atoms with Crippen LogP contribution in [0.5, 0.6) is 0 Å². The molecule has 0 bridgehead atoms. The van der Waals surface area contributed by atoms with E-state index in [9.17, 15) is 9.59 Å². The molecule has 0 radical (unpaired) electrons. The van der Waals surface area contributed by atoms with Crippen LogP contribution >= 0.6 is 11.8 Å². The molecule has 0 saturated carbocycles. The number of rotatable bonds is 4. The van der Waals surface area contributed by atoms with Crippen LogP contribution in [0.4, 0.5) is 0 Å². The highest BCUT2D eigenvalue weighted by Crippen LogP contribution is 2.28. The third-order valence-electron chi connectivity index (χ3n) is 4.97. The maximum absolute atomic E-state index is 13.1. The van der Waals surface area contributed by atoms with Crippen molar-refractivity contribution in [3.8, 4) is 0 Å². The molecule has 0 unspecified atom stereocenters. The molecular weight excluding hydrogens is 350 g/mol. The number of carbonyl (C=O) groups is 1. The van der Waals surface area contributed by atoms with Crippen LogP contribution in [-0.2, 0) is 16.1 Å². The van der Waals surface area contributed by atoms with Gasteiger partial charge in [0.2, 0.25) is 5.91 Å². The molecule has 2 fully saturated rings. The maximum Gasteiger partial charge on any atom is 0.262 e. The van der Waals surface area contributed by atoms with Crippen molar-refractivity contribution < 1.29 is 9.53 Å². The summed E-state index contributed by atoms with van der Waals surface area (Å²) >= 11 is 1.41. The van der Waals surface area contributed by atoms with Crippen molar-refractivity contribution in [3.05, 3.63) is 34.6 Å². The van der Waals surface area contributed by atoms with Gasteiger partial charge < -0.3 is 10.1 Å². The van der Waals surface area contributed by atoms with Crippen LogP contribution in [0.3, 0.4) is 0 Å². The third kappa shape index (κ3) is 3.64. The summed E-state index contributed by atoms with van der Waals surface area (Å²) in [7, 11) is 0. The second kappa shape index (κ2) is 7.80. The fourth-order valence-corrected chi connectivity index (χ4v) is 4.71. The Labute approximate surface area is 156 Å². The summed E-state index contributed by atoms with van der Waals surface area (Å²) in [6.45, 7) is 1.96. The SMILES string of the molecule is O=C1NCCCC[C@@H]1Sc1nc2ccccc2c(=O)n1C[C@@H]1CCCO1. The molecule has 3 heterocycles. The number of hydrogen-bond donors (Lipinski definition) is 1. The third-order valence-corrected chi connectivity index (χ3v) is 6.23. The van der Waals surface area contributed by atoms with Crippen LogP contribution in [0.2, 0.25) is 0 Å². The van der Waals surface area contributed by atoms with E-state index in [1.807, 2.05) is 24.3 Å². The average molecular weight is 373 g/mol. The molecule has 1 aromatic carbocycles. The van der Waals surface area contributed by atoms with E-state index < -0.39 is 0 Å². The first-order valence-corrected chi connectivity index (χ1v) is 10.2. The van der Waals surface area contributed by atoms with E-state index in [-0.39, 0.29) is 22.8 Å². The number of para-hydroxylation sites is 1. The molecule has 2 atom stereocenters. The molecule has 2 aromatic rings. The van der Waals surface area contributed by atoms with E-state index in [1.165, 1.54) is 11.8 Å². The predicted molar refractivity (Wildman–Crippen MR) is 101 cm³/mol. The lowest BCUT2D eigenvalue weighted by Gasteiger charge is -2.19. The van der Waals surface area contributed by atoms with Crippen molar-refractivity contribution in [2.24, 2.45) is 0 Å². The van der Waals surface area contributed by atoms with Gasteiger partial charge in [0.05, 0.1) is 28.8 Å². The van der Waals surface area contributed by atoms with Crippen molar-refractivity contribution in [2.75, 3.05) is 13.2 Å². The number of fused-ring (bicyclic) bond motifs is 1. The minimum absolute atomic E-state index is 0.0398. The number of thioether (sulfide) groups is 1. The number of hydrogen-bond acceptors (Lipinski definition) is 5. The summed E-state index contributed by atoms with van der Waals surface area (Å²) in [5.41, 5.74) is 0.625. The van der Waals surface area contributed by atoms with E-state index in [0.717, 1.165) is 45.3 Å². The Kier molecular flexibility index (Phi) is 5.26. The fourth-order valence-electron chi connectivity index (χ4n) is 3.54. The van der Waals surface area contributed by atoms with E-state index in [1.54, 1.807) is 4.57 Å². The zero-order chi connectivity index (χ0) is 17.9. The van der Waals surface area contributed by atoms with E-state index in [0.29, 0.717) is 22.6 Å². The number of nitrogens with one attached hydrogen (secondary N) is 1. The lowest BCUT2D eigenvalue weighted by atomic mass is 10.2. The fraction of sp³-hybridized carbons (Fsp3) is 0.526. The molecule has 138 valence electrons. The van der Waals surface area contributed by atoms with Gasteiger partial charge in [-0.2, -0.15) is 0 Å². The number of amides is 1. The van der Waals surface area contributed by atoms with Gasteiger partial charge in [-0.3, -0.25) is 14.2 Å². The molecule has 7 heteroatoms. The molecule has 4 rings (SSSR count). The van der Waals surface area contributed by atoms with Crippen molar-refractivity contribution in [2.45, 2.75) is 55.2 Å². The number of ether oxygens (including phenoxy) is 1. The van der Waals surface area contributed by atoms with Gasteiger partial charge in [-0.15, -0.1) is 0 Å². The van der Waals surface area contributed by atoms with E-state index in [2.05, 4.69) is 5.32 Å². The highest BCUT2D eigenvalue weighted by molar-refractivity contribution is 8.00. The van der Waals surface area contributed by atoms with Gasteiger partial charge in [0.25, 0.3) is 5.56 Å². The molecule has 1 N–H and O–H groups in total. The standard InChI is InChI=1S/C19H23N3O3S/c23-17-16(9-3-4-10-20-17)26-19-21-15-8-2-1-7-14(15)18(24)22(19)12-13-6-5-11-25-13/h1-2,7-8,13,16H,3-6,9-12H2,(H,20,23)/t13-,16-/m0/s1. The lowest BCUT2D eigenvalue weighted by molar-refractivity contribution is -0.120. The van der Waals surface area contributed by atoms with Gasteiger partial charge in [0.1, 0.15) is 0 Å². The Hall–Kier alpha value is -1.86. The van der Waals surface area contributed by atoms with Crippen LogP contribution < -0.4 is 10.9 Å². The maximum atomic E-state index is 13.1. The van der Waals surface area contributed by atoms with Gasteiger partial charge in [0, 0.05) is 13.2 Å². The smallest absolute Gasteiger partial charge is 0.262 e. The number of nitrogens with zero attached hydrogens (tertiary/aromatic N) is 2. The van der Waals surface area contributed by atoms with Crippen LogP contribution in [0.1, 0.15) is 32.1 Å². The quantitative estimate of drug-likeness (QED) is 0.833. The van der Waals surface area contributed by atoms with Crippen LogP contribution in [0.25, 0.3) is 10.9 Å². The number of aromatic nitrogens is 2. The zero-order valence-corrected chi connectivity index (χ0v) is 15.5. The second-order valence-electron chi connectivity index (χ2n) is 6.86. The Bertz CT molecular complexity index is 861. The predicted octanol–water partition coefficient (Wildman–Crippen LogP) is 2.34. The monoisotopic (exact) mass is 373 g/mol. The van der Waals surface area contributed by atoms with Crippen LogP contribution in [0, 0.1) is 0 Å². The van der Waals surface area contributed by atoms with E-state index in [4.69, 9.17) is 9.72 Å². The van der Waals surface area contributed by atoms with Crippen molar-refractivity contribution in [1.82, 2.24) is 14.9 Å². The minimum atomic E-state index is -0.207. The molecule has 2 aliphatic rings. The Balaban J connectivity index is 1.72. The highest BCUT2D eigenvalue weighted by Gasteiger charge is 2.26. The first kappa shape index (κ1) is 17.5. The molecule has 6 nitrogen and oxygen atoms in total. The van der Waals surface area contributed by atoms with Crippen molar-refractivity contribution in [3.63, 3.8) is 0 Å². The van der Waals surface area contributed by atoms with Gasteiger partial charge in [0.15, 0.2) is 5.16 Å². The molecule has 0 spiro atoms. The Morgan fingerprint density at radius 3 is 2.92 bits per heavy atom. The van der Waals surface area contributed by atoms with Crippen molar-refractivity contribution in [1.29, 1.82) is 0 Å². The van der Waals surface area contributed by atoms with Crippen molar-refractivity contribution >= 4 is 28.6 Å². The largest absolute Gasteiger partial charge is 0.376 e. The van der Waals surface area contributed by atoms with Gasteiger partial charge in [-0.25, -0.2) is 4.98 Å². The zero-order valence-electron chi connectivity index (χ0n) is 14.6. The summed E-state index contributed by atoms with van der Waals surface area (Å²) in [5, 5.41) is 3.98. The molecule has 26 heavy (non-hydrogen) atoms. The molecule has 2 saturated heterocycles. The van der Waals surface area contributed by atoms with Gasteiger partial charge in [-0.05, 0) is 37.8 Å². The Morgan fingerprint density at radius 2 is 2.08 bits per heavy atom. The highest BCUT2D eigenvalue weighted by atomic mass is 32.2. The summed E-state index contributed by atoms with van der Waals surface area (Å²) < 4.78 is 7.44. The molecular formula is C19H23N3O3S. The number of benzene rings is 1. The molecule has 0 aliphatic carbocycles.